The first-order valence-electron chi connectivity index (χ1n) is 9.46. The molecule has 2 aliphatic rings. The zero-order chi connectivity index (χ0) is 18.4. The van der Waals surface area contributed by atoms with Crippen LogP contribution in [-0.4, -0.2) is 79.4 Å². The standard InChI is InChI=1S/C19H29ClN4O2/c1-2-21-19(22-13-18(25)16-5-3-4-6-17(16)20)24-8-7-15(14-24)23-9-11-26-12-10-23/h3-6,15,18,25H,2,7-14H2,1H3,(H,21,22). The van der Waals surface area contributed by atoms with E-state index < -0.39 is 6.10 Å². The monoisotopic (exact) mass is 380 g/mol. The Balaban J connectivity index is 1.61. The van der Waals surface area contributed by atoms with Crippen molar-refractivity contribution in [2.45, 2.75) is 25.5 Å². The summed E-state index contributed by atoms with van der Waals surface area (Å²) in [4.78, 5) is 9.49. The smallest absolute Gasteiger partial charge is 0.194 e. The molecule has 3 rings (SSSR count). The third-order valence-electron chi connectivity index (χ3n) is 5.04. The van der Waals surface area contributed by atoms with E-state index in [0.717, 1.165) is 63.9 Å². The first-order valence-corrected chi connectivity index (χ1v) is 9.84. The van der Waals surface area contributed by atoms with E-state index in [1.165, 1.54) is 0 Å². The second kappa shape index (κ2) is 9.55. The summed E-state index contributed by atoms with van der Waals surface area (Å²) in [5.74, 6) is 0.870. The molecule has 1 aromatic rings. The third-order valence-corrected chi connectivity index (χ3v) is 5.38. The lowest BCUT2D eigenvalue weighted by Crippen LogP contribution is -2.46. The molecule has 2 N–H and O–H groups in total. The van der Waals surface area contributed by atoms with Crippen LogP contribution in [-0.2, 0) is 4.74 Å². The van der Waals surface area contributed by atoms with Crippen molar-refractivity contribution < 1.29 is 9.84 Å². The van der Waals surface area contributed by atoms with Gasteiger partial charge in [0.05, 0.1) is 19.8 Å². The summed E-state index contributed by atoms with van der Waals surface area (Å²) < 4.78 is 5.46. The number of aliphatic imine (C=N–C) groups is 1. The summed E-state index contributed by atoms with van der Waals surface area (Å²) in [5.41, 5.74) is 0.724. The summed E-state index contributed by atoms with van der Waals surface area (Å²) in [5, 5.41) is 14.4. The van der Waals surface area contributed by atoms with E-state index in [0.29, 0.717) is 17.6 Å². The minimum absolute atomic E-state index is 0.296. The molecule has 144 valence electrons. The fourth-order valence-electron chi connectivity index (χ4n) is 3.62. The first-order chi connectivity index (χ1) is 12.7. The number of aliphatic hydroxyl groups excluding tert-OH is 1. The number of benzene rings is 1. The van der Waals surface area contributed by atoms with Crippen molar-refractivity contribution in [1.29, 1.82) is 0 Å². The van der Waals surface area contributed by atoms with E-state index in [1.54, 1.807) is 6.07 Å². The lowest BCUT2D eigenvalue weighted by Gasteiger charge is -2.32. The minimum atomic E-state index is -0.699. The molecule has 2 heterocycles. The molecule has 2 atom stereocenters. The van der Waals surface area contributed by atoms with Crippen LogP contribution in [0.5, 0.6) is 0 Å². The van der Waals surface area contributed by atoms with Crippen molar-refractivity contribution in [1.82, 2.24) is 15.1 Å². The molecule has 2 saturated heterocycles. The highest BCUT2D eigenvalue weighted by atomic mass is 35.5. The van der Waals surface area contributed by atoms with Gasteiger partial charge in [-0.15, -0.1) is 0 Å². The van der Waals surface area contributed by atoms with Crippen molar-refractivity contribution in [2.24, 2.45) is 4.99 Å². The Labute approximate surface area is 160 Å². The Kier molecular flexibility index (Phi) is 7.14. The predicted molar refractivity (Wildman–Crippen MR) is 105 cm³/mol. The van der Waals surface area contributed by atoms with E-state index in [4.69, 9.17) is 16.3 Å². The fraction of sp³-hybridized carbons (Fsp3) is 0.632. The van der Waals surface area contributed by atoms with Gasteiger partial charge in [-0.1, -0.05) is 29.8 Å². The van der Waals surface area contributed by atoms with Gasteiger partial charge in [-0.3, -0.25) is 9.89 Å². The van der Waals surface area contributed by atoms with Gasteiger partial charge in [0.15, 0.2) is 5.96 Å². The zero-order valence-electron chi connectivity index (χ0n) is 15.4. The van der Waals surface area contributed by atoms with E-state index in [2.05, 4.69) is 27.0 Å². The molecule has 2 fully saturated rings. The molecule has 0 bridgehead atoms. The van der Waals surface area contributed by atoms with Crippen LogP contribution in [0.4, 0.5) is 0 Å². The average molecular weight is 381 g/mol. The lowest BCUT2D eigenvalue weighted by atomic mass is 10.1. The fourth-order valence-corrected chi connectivity index (χ4v) is 3.88. The molecule has 0 aromatic heterocycles. The highest BCUT2D eigenvalue weighted by Gasteiger charge is 2.30. The molecule has 0 aliphatic carbocycles. The van der Waals surface area contributed by atoms with Crippen LogP contribution in [0.25, 0.3) is 0 Å². The van der Waals surface area contributed by atoms with Crippen LogP contribution < -0.4 is 5.32 Å². The summed E-state index contributed by atoms with van der Waals surface area (Å²) in [7, 11) is 0. The van der Waals surface area contributed by atoms with Crippen LogP contribution in [0.3, 0.4) is 0 Å². The maximum Gasteiger partial charge on any atom is 0.194 e. The molecule has 0 radical (unpaired) electrons. The number of nitrogens with zero attached hydrogens (tertiary/aromatic N) is 3. The summed E-state index contributed by atoms with van der Waals surface area (Å²) in [6.45, 7) is 8.79. The maximum absolute atomic E-state index is 10.5. The van der Waals surface area contributed by atoms with Crippen molar-refractivity contribution in [3.05, 3.63) is 34.9 Å². The Hall–Kier alpha value is -1.34. The van der Waals surface area contributed by atoms with Crippen LogP contribution >= 0.6 is 11.6 Å². The molecule has 6 nitrogen and oxygen atoms in total. The number of ether oxygens (including phenoxy) is 1. The number of nitrogens with one attached hydrogen (secondary N) is 1. The van der Waals surface area contributed by atoms with Gasteiger partial charge in [-0.2, -0.15) is 0 Å². The molecule has 7 heteroatoms. The van der Waals surface area contributed by atoms with E-state index in [1.807, 2.05) is 18.2 Å². The van der Waals surface area contributed by atoms with Gasteiger partial charge in [-0.05, 0) is 19.4 Å². The number of guanidine groups is 1. The number of halogens is 1. The number of aliphatic hydroxyl groups is 1. The Bertz CT molecular complexity index is 607. The van der Waals surface area contributed by atoms with Crippen molar-refractivity contribution in [2.75, 3.05) is 52.5 Å². The van der Waals surface area contributed by atoms with E-state index in [-0.39, 0.29) is 0 Å². The summed E-state index contributed by atoms with van der Waals surface area (Å²) >= 11 is 6.18. The SMILES string of the molecule is CCNC(=NCC(O)c1ccccc1Cl)N1CCC(N2CCOCC2)C1. The van der Waals surface area contributed by atoms with Crippen molar-refractivity contribution in [3.63, 3.8) is 0 Å². The molecule has 0 saturated carbocycles. The molecular weight excluding hydrogens is 352 g/mol. The maximum atomic E-state index is 10.5. The van der Waals surface area contributed by atoms with Crippen LogP contribution in [0, 0.1) is 0 Å². The number of morpholine rings is 1. The number of rotatable bonds is 5. The highest BCUT2D eigenvalue weighted by molar-refractivity contribution is 6.31. The third kappa shape index (κ3) is 4.88. The molecule has 1 aromatic carbocycles. The van der Waals surface area contributed by atoms with Gasteiger partial charge in [-0.25, -0.2) is 0 Å². The Morgan fingerprint density at radius 1 is 1.35 bits per heavy atom. The largest absolute Gasteiger partial charge is 0.386 e. The number of hydrogen-bond acceptors (Lipinski definition) is 4. The van der Waals surface area contributed by atoms with Gasteiger partial charge in [0.1, 0.15) is 6.10 Å². The first kappa shape index (κ1) is 19.4. The molecule has 26 heavy (non-hydrogen) atoms. The topological polar surface area (TPSA) is 60.3 Å². The van der Waals surface area contributed by atoms with Gasteiger partial charge in [0, 0.05) is 49.4 Å². The number of likely N-dealkylation sites (tertiary alicyclic amines) is 1. The molecule has 0 amide bonds. The van der Waals surface area contributed by atoms with Gasteiger partial charge in [0.25, 0.3) is 0 Å². The van der Waals surface area contributed by atoms with E-state index in [9.17, 15) is 5.11 Å². The lowest BCUT2D eigenvalue weighted by molar-refractivity contribution is 0.0194. The van der Waals surface area contributed by atoms with Gasteiger partial charge in [0.2, 0.25) is 0 Å². The quantitative estimate of drug-likeness (QED) is 0.602. The summed E-state index contributed by atoms with van der Waals surface area (Å²) in [6, 6.07) is 7.94. The number of hydrogen-bond donors (Lipinski definition) is 2. The van der Waals surface area contributed by atoms with Gasteiger partial charge < -0.3 is 20.1 Å². The van der Waals surface area contributed by atoms with Crippen molar-refractivity contribution >= 4 is 17.6 Å². The van der Waals surface area contributed by atoms with E-state index >= 15 is 0 Å². The normalized spacial score (nSPS) is 23.3. The van der Waals surface area contributed by atoms with Crippen LogP contribution in [0.2, 0.25) is 5.02 Å². The molecule has 2 aliphatic heterocycles. The second-order valence-corrected chi connectivity index (χ2v) is 7.18. The molecule has 0 spiro atoms. The predicted octanol–water partition coefficient (Wildman–Crippen LogP) is 1.75. The highest BCUT2D eigenvalue weighted by Crippen LogP contribution is 2.23. The molecular formula is C19H29ClN4O2. The van der Waals surface area contributed by atoms with Crippen molar-refractivity contribution in [3.8, 4) is 0 Å². The van der Waals surface area contributed by atoms with Gasteiger partial charge >= 0.3 is 0 Å². The minimum Gasteiger partial charge on any atom is -0.386 e. The van der Waals surface area contributed by atoms with Crippen LogP contribution in [0.1, 0.15) is 25.0 Å². The molecule has 2 unspecified atom stereocenters. The zero-order valence-corrected chi connectivity index (χ0v) is 16.2. The second-order valence-electron chi connectivity index (χ2n) is 6.77. The van der Waals surface area contributed by atoms with Crippen LogP contribution in [0.15, 0.2) is 29.3 Å². The summed E-state index contributed by atoms with van der Waals surface area (Å²) in [6.07, 6.45) is 0.437. The average Bonchev–Trinajstić information content (AvgIpc) is 3.16. The Morgan fingerprint density at radius 3 is 2.85 bits per heavy atom. The Morgan fingerprint density at radius 2 is 2.12 bits per heavy atom.